The quantitative estimate of drug-likeness (QED) is 0.828. The van der Waals surface area contributed by atoms with Crippen molar-refractivity contribution in [2.75, 3.05) is 52.5 Å². The molecule has 1 aromatic carbocycles. The van der Waals surface area contributed by atoms with Gasteiger partial charge in [0, 0.05) is 39.3 Å². The van der Waals surface area contributed by atoms with E-state index in [2.05, 4.69) is 9.80 Å². The van der Waals surface area contributed by atoms with Crippen molar-refractivity contribution in [1.29, 1.82) is 0 Å². The maximum atomic E-state index is 13.3. The van der Waals surface area contributed by atoms with E-state index in [0.29, 0.717) is 12.4 Å². The predicted octanol–water partition coefficient (Wildman–Crippen LogP) is 0.814. The summed E-state index contributed by atoms with van der Waals surface area (Å²) < 4.78 is 18.8. The molecular formula is C14H21FN2O2. The van der Waals surface area contributed by atoms with Gasteiger partial charge in [0.1, 0.15) is 6.61 Å². The van der Waals surface area contributed by atoms with E-state index in [1.54, 1.807) is 18.2 Å². The van der Waals surface area contributed by atoms with Crippen LogP contribution in [0, 0.1) is 5.82 Å². The van der Waals surface area contributed by atoms with Gasteiger partial charge in [0.05, 0.1) is 6.61 Å². The molecule has 19 heavy (non-hydrogen) atoms. The first-order valence-electron chi connectivity index (χ1n) is 6.72. The largest absolute Gasteiger partial charge is 0.489 e. The number of para-hydroxylation sites is 1. The van der Waals surface area contributed by atoms with E-state index >= 15 is 0 Å². The highest BCUT2D eigenvalue weighted by atomic mass is 19.1. The summed E-state index contributed by atoms with van der Waals surface area (Å²) in [6.07, 6.45) is 0. The Bertz CT molecular complexity index is 381. The number of ether oxygens (including phenoxy) is 1. The average molecular weight is 268 g/mol. The summed E-state index contributed by atoms with van der Waals surface area (Å²) in [5.41, 5.74) is 0. The fourth-order valence-electron chi connectivity index (χ4n) is 2.22. The fourth-order valence-corrected chi connectivity index (χ4v) is 2.22. The smallest absolute Gasteiger partial charge is 0.165 e. The van der Waals surface area contributed by atoms with Gasteiger partial charge in [-0.1, -0.05) is 12.1 Å². The molecule has 4 nitrogen and oxygen atoms in total. The lowest BCUT2D eigenvalue weighted by Gasteiger charge is -2.34. The number of rotatable bonds is 6. The Morgan fingerprint density at radius 3 is 2.32 bits per heavy atom. The molecular weight excluding hydrogens is 247 g/mol. The van der Waals surface area contributed by atoms with Crippen LogP contribution < -0.4 is 4.74 Å². The number of aliphatic hydroxyl groups is 1. The molecule has 0 unspecified atom stereocenters. The number of halogens is 1. The van der Waals surface area contributed by atoms with Gasteiger partial charge in [-0.15, -0.1) is 0 Å². The molecule has 1 heterocycles. The molecule has 1 aliphatic rings. The lowest BCUT2D eigenvalue weighted by molar-refractivity contribution is 0.101. The minimum absolute atomic E-state index is 0.219. The number of hydrogen-bond acceptors (Lipinski definition) is 4. The summed E-state index contributed by atoms with van der Waals surface area (Å²) in [6, 6.07) is 6.48. The van der Waals surface area contributed by atoms with Crippen LogP contribution in [-0.2, 0) is 0 Å². The van der Waals surface area contributed by atoms with Gasteiger partial charge in [-0.3, -0.25) is 9.80 Å². The molecule has 106 valence electrons. The number of piperazine rings is 1. The van der Waals surface area contributed by atoms with Gasteiger partial charge in [-0.2, -0.15) is 0 Å². The second-order valence-corrected chi connectivity index (χ2v) is 4.69. The summed E-state index contributed by atoms with van der Waals surface area (Å²) >= 11 is 0. The third-order valence-corrected chi connectivity index (χ3v) is 3.38. The Balaban J connectivity index is 1.66. The van der Waals surface area contributed by atoms with Crippen LogP contribution in [0.1, 0.15) is 0 Å². The Morgan fingerprint density at radius 2 is 1.68 bits per heavy atom. The minimum Gasteiger partial charge on any atom is -0.489 e. The third kappa shape index (κ3) is 4.45. The van der Waals surface area contributed by atoms with Crippen LogP contribution in [0.25, 0.3) is 0 Å². The van der Waals surface area contributed by atoms with Gasteiger partial charge in [-0.05, 0) is 12.1 Å². The van der Waals surface area contributed by atoms with Gasteiger partial charge >= 0.3 is 0 Å². The van der Waals surface area contributed by atoms with Crippen LogP contribution in [0.15, 0.2) is 24.3 Å². The number of nitrogens with zero attached hydrogens (tertiary/aromatic N) is 2. The molecule has 2 rings (SSSR count). The molecule has 0 radical (unpaired) electrons. The highest BCUT2D eigenvalue weighted by molar-refractivity contribution is 5.23. The molecule has 0 spiro atoms. The first-order chi connectivity index (χ1) is 9.29. The molecule has 1 N–H and O–H groups in total. The molecule has 0 amide bonds. The van der Waals surface area contributed by atoms with Crippen LogP contribution in [0.2, 0.25) is 0 Å². The van der Waals surface area contributed by atoms with Crippen molar-refractivity contribution in [3.63, 3.8) is 0 Å². The molecule has 0 aliphatic carbocycles. The van der Waals surface area contributed by atoms with Crippen LogP contribution in [0.5, 0.6) is 5.75 Å². The first kappa shape index (κ1) is 14.2. The summed E-state index contributed by atoms with van der Waals surface area (Å²) in [7, 11) is 0. The monoisotopic (exact) mass is 268 g/mol. The number of hydrogen-bond donors (Lipinski definition) is 1. The lowest BCUT2D eigenvalue weighted by atomic mass is 10.3. The van der Waals surface area contributed by atoms with Crippen molar-refractivity contribution < 1.29 is 14.2 Å². The first-order valence-corrected chi connectivity index (χ1v) is 6.72. The maximum Gasteiger partial charge on any atom is 0.165 e. The van der Waals surface area contributed by atoms with Crippen molar-refractivity contribution in [3.05, 3.63) is 30.1 Å². The Morgan fingerprint density at radius 1 is 1.05 bits per heavy atom. The highest BCUT2D eigenvalue weighted by Gasteiger charge is 2.15. The van der Waals surface area contributed by atoms with E-state index in [0.717, 1.165) is 39.3 Å². The summed E-state index contributed by atoms with van der Waals surface area (Å²) in [6.45, 7) is 6.17. The fraction of sp³-hybridized carbons (Fsp3) is 0.571. The molecule has 0 bridgehead atoms. The Labute approximate surface area is 113 Å². The van der Waals surface area contributed by atoms with E-state index in [1.165, 1.54) is 6.07 Å². The van der Waals surface area contributed by atoms with Crippen LogP contribution in [0.4, 0.5) is 4.39 Å². The van der Waals surface area contributed by atoms with Crippen LogP contribution >= 0.6 is 0 Å². The molecule has 1 aliphatic heterocycles. The van der Waals surface area contributed by atoms with E-state index in [-0.39, 0.29) is 12.4 Å². The van der Waals surface area contributed by atoms with Gasteiger partial charge in [0.2, 0.25) is 0 Å². The number of benzene rings is 1. The minimum atomic E-state index is -0.310. The topological polar surface area (TPSA) is 35.9 Å². The third-order valence-electron chi connectivity index (χ3n) is 3.38. The lowest BCUT2D eigenvalue weighted by Crippen LogP contribution is -2.48. The Kier molecular flexibility index (Phi) is 5.57. The molecule has 0 atom stereocenters. The van der Waals surface area contributed by atoms with Crippen molar-refractivity contribution in [3.8, 4) is 5.75 Å². The highest BCUT2D eigenvalue weighted by Crippen LogP contribution is 2.15. The second kappa shape index (κ2) is 7.43. The Hall–Kier alpha value is -1.17. The molecule has 5 heteroatoms. The molecule has 1 fully saturated rings. The zero-order valence-corrected chi connectivity index (χ0v) is 11.1. The van der Waals surface area contributed by atoms with Crippen molar-refractivity contribution in [1.82, 2.24) is 9.80 Å². The molecule has 0 aromatic heterocycles. The van der Waals surface area contributed by atoms with E-state index < -0.39 is 0 Å². The van der Waals surface area contributed by atoms with E-state index in [1.807, 2.05) is 0 Å². The average Bonchev–Trinajstić information content (AvgIpc) is 2.43. The standard InChI is InChI=1S/C14H21FN2O2/c15-13-3-1-2-4-14(13)19-12-10-17-7-5-16(6-8-17)9-11-18/h1-4,18H,5-12H2. The number of aliphatic hydroxyl groups excluding tert-OH is 1. The summed E-state index contributed by atoms with van der Waals surface area (Å²) in [5, 5.41) is 8.87. The number of β-amino-alcohol motifs (C(OH)–C–C–N with tert-alkyl or cyclic N) is 1. The van der Waals surface area contributed by atoms with E-state index in [4.69, 9.17) is 9.84 Å². The van der Waals surface area contributed by atoms with Crippen molar-refractivity contribution in [2.24, 2.45) is 0 Å². The van der Waals surface area contributed by atoms with Gasteiger partial charge in [-0.25, -0.2) is 4.39 Å². The van der Waals surface area contributed by atoms with Gasteiger partial charge in [0.25, 0.3) is 0 Å². The predicted molar refractivity (Wildman–Crippen MR) is 71.9 cm³/mol. The van der Waals surface area contributed by atoms with Gasteiger partial charge in [0.15, 0.2) is 11.6 Å². The normalized spacial score (nSPS) is 17.6. The van der Waals surface area contributed by atoms with Crippen molar-refractivity contribution in [2.45, 2.75) is 0 Å². The molecule has 1 aromatic rings. The zero-order chi connectivity index (χ0) is 13.5. The molecule has 1 saturated heterocycles. The SMILES string of the molecule is OCCN1CCN(CCOc2ccccc2F)CC1. The maximum absolute atomic E-state index is 13.3. The van der Waals surface area contributed by atoms with E-state index in [9.17, 15) is 4.39 Å². The van der Waals surface area contributed by atoms with Crippen LogP contribution in [0.3, 0.4) is 0 Å². The zero-order valence-electron chi connectivity index (χ0n) is 11.1. The summed E-state index contributed by atoms with van der Waals surface area (Å²) in [5.74, 6) is 0.0108. The van der Waals surface area contributed by atoms with Crippen molar-refractivity contribution >= 4 is 0 Å². The summed E-state index contributed by atoms with van der Waals surface area (Å²) in [4.78, 5) is 4.54. The van der Waals surface area contributed by atoms with Crippen LogP contribution in [-0.4, -0.2) is 67.4 Å². The van der Waals surface area contributed by atoms with Gasteiger partial charge < -0.3 is 9.84 Å². The second-order valence-electron chi connectivity index (χ2n) is 4.69. The molecule has 0 saturated carbocycles.